The highest BCUT2D eigenvalue weighted by atomic mass is 16.3. The van der Waals surface area contributed by atoms with Gasteiger partial charge in [0, 0.05) is 0 Å². The molecule has 5 N–H and O–H groups in total. The normalized spacial score (nSPS) is 10.6. The van der Waals surface area contributed by atoms with Gasteiger partial charge in [-0.2, -0.15) is 0 Å². The molecule has 0 atom stereocenters. The number of oxazole rings is 1. The lowest BCUT2D eigenvalue weighted by Crippen LogP contribution is -2.17. The van der Waals surface area contributed by atoms with E-state index in [-0.39, 0.29) is 5.68 Å². The van der Waals surface area contributed by atoms with E-state index in [4.69, 9.17) is 21.3 Å². The summed E-state index contributed by atoms with van der Waals surface area (Å²) in [6, 6.07) is 5.50. The first-order valence-corrected chi connectivity index (χ1v) is 4.92. The van der Waals surface area contributed by atoms with Gasteiger partial charge in [0.05, 0.1) is 23.6 Å². The van der Waals surface area contributed by atoms with E-state index in [9.17, 15) is 0 Å². The average Bonchev–Trinajstić information content (AvgIpc) is 2.56. The summed E-state index contributed by atoms with van der Waals surface area (Å²) in [4.78, 5) is 0. The summed E-state index contributed by atoms with van der Waals surface area (Å²) in [5.74, 6) is 0. The number of anilines is 2. The highest BCUT2D eigenvalue weighted by Gasteiger charge is 2.06. The number of rotatable bonds is 2. The van der Waals surface area contributed by atoms with Gasteiger partial charge < -0.3 is 15.9 Å². The summed E-state index contributed by atoms with van der Waals surface area (Å²) in [7, 11) is 0. The van der Waals surface area contributed by atoms with Crippen molar-refractivity contribution in [2.24, 2.45) is 0 Å². The monoisotopic (exact) mass is 218 g/mol. The van der Waals surface area contributed by atoms with Crippen molar-refractivity contribution in [1.29, 1.82) is 5.41 Å². The van der Waals surface area contributed by atoms with Crippen molar-refractivity contribution in [3.05, 3.63) is 41.4 Å². The SMILES string of the molecule is Cc1coc(=N)n1Cc1cccc(N)c1N. The number of aryl methyl sites for hydroxylation is 1. The molecule has 2 rings (SSSR count). The van der Waals surface area contributed by atoms with Crippen molar-refractivity contribution in [1.82, 2.24) is 4.57 Å². The van der Waals surface area contributed by atoms with Crippen LogP contribution < -0.4 is 17.2 Å². The molecule has 5 heteroatoms. The molecule has 0 fully saturated rings. The molecule has 1 heterocycles. The summed E-state index contributed by atoms with van der Waals surface area (Å²) in [5.41, 5.74) is 14.6. The molecule has 0 spiro atoms. The predicted octanol–water partition coefficient (Wildman–Crippen LogP) is 1.08. The lowest BCUT2D eigenvalue weighted by Gasteiger charge is -2.09. The third-order valence-corrected chi connectivity index (χ3v) is 2.57. The van der Waals surface area contributed by atoms with Gasteiger partial charge in [0.2, 0.25) is 0 Å². The van der Waals surface area contributed by atoms with Gasteiger partial charge in [0.25, 0.3) is 5.68 Å². The fraction of sp³-hybridized carbons (Fsp3) is 0.182. The van der Waals surface area contributed by atoms with Crippen LogP contribution in [0.25, 0.3) is 0 Å². The minimum Gasteiger partial charge on any atom is -0.432 e. The van der Waals surface area contributed by atoms with Gasteiger partial charge in [0.1, 0.15) is 6.26 Å². The van der Waals surface area contributed by atoms with Gasteiger partial charge >= 0.3 is 0 Å². The highest BCUT2D eigenvalue weighted by Crippen LogP contribution is 2.20. The van der Waals surface area contributed by atoms with Gasteiger partial charge in [-0.05, 0) is 18.6 Å². The number of benzene rings is 1. The third-order valence-electron chi connectivity index (χ3n) is 2.57. The van der Waals surface area contributed by atoms with Gasteiger partial charge in [0.15, 0.2) is 0 Å². The van der Waals surface area contributed by atoms with Crippen LogP contribution in [-0.2, 0) is 6.54 Å². The zero-order valence-electron chi connectivity index (χ0n) is 9.03. The summed E-state index contributed by atoms with van der Waals surface area (Å²) in [6.45, 7) is 2.38. The van der Waals surface area contributed by atoms with E-state index in [2.05, 4.69) is 0 Å². The van der Waals surface area contributed by atoms with Gasteiger partial charge in [-0.1, -0.05) is 12.1 Å². The maximum atomic E-state index is 7.59. The second-order valence-electron chi connectivity index (χ2n) is 3.69. The Labute approximate surface area is 92.8 Å². The summed E-state index contributed by atoms with van der Waals surface area (Å²) in [5, 5.41) is 7.59. The maximum Gasteiger partial charge on any atom is 0.294 e. The Bertz CT molecular complexity index is 568. The van der Waals surface area contributed by atoms with Crippen molar-refractivity contribution in [2.45, 2.75) is 13.5 Å². The summed E-state index contributed by atoms with van der Waals surface area (Å²) in [6.07, 6.45) is 1.55. The van der Waals surface area contributed by atoms with E-state index >= 15 is 0 Å². The van der Waals surface area contributed by atoms with E-state index in [1.165, 1.54) is 0 Å². The fourth-order valence-corrected chi connectivity index (χ4v) is 1.57. The molecule has 1 aromatic heterocycles. The van der Waals surface area contributed by atoms with Crippen molar-refractivity contribution in [3.8, 4) is 0 Å². The first-order chi connectivity index (χ1) is 7.59. The predicted molar refractivity (Wildman–Crippen MR) is 61.7 cm³/mol. The van der Waals surface area contributed by atoms with E-state index in [0.717, 1.165) is 11.3 Å². The molecule has 0 aliphatic carbocycles. The lowest BCUT2D eigenvalue weighted by atomic mass is 10.1. The number of nitrogens with two attached hydrogens (primary N) is 2. The summed E-state index contributed by atoms with van der Waals surface area (Å²) < 4.78 is 6.72. The van der Waals surface area contributed by atoms with E-state index < -0.39 is 0 Å². The molecule has 0 saturated heterocycles. The van der Waals surface area contributed by atoms with Crippen LogP contribution in [0, 0.1) is 12.3 Å². The molecular weight excluding hydrogens is 204 g/mol. The molecule has 84 valence electrons. The molecule has 0 bridgehead atoms. The Hall–Kier alpha value is -2.17. The first kappa shape index (κ1) is 10.4. The number of aromatic nitrogens is 1. The van der Waals surface area contributed by atoms with Crippen molar-refractivity contribution >= 4 is 11.4 Å². The second kappa shape index (κ2) is 3.77. The quantitative estimate of drug-likeness (QED) is 0.658. The standard InChI is InChI=1S/C11H14N4O/c1-7-6-16-11(14)15(7)5-8-3-2-4-9(12)10(8)13/h2-4,6,14H,5,12-13H2,1H3. The van der Waals surface area contributed by atoms with Gasteiger partial charge in [-0.25, -0.2) is 0 Å². The molecular formula is C11H14N4O. The number of hydrogen-bond acceptors (Lipinski definition) is 4. The Kier molecular flexibility index (Phi) is 2.44. The molecule has 1 aromatic carbocycles. The van der Waals surface area contributed by atoms with Crippen LogP contribution in [0.2, 0.25) is 0 Å². The molecule has 0 saturated carbocycles. The highest BCUT2D eigenvalue weighted by molar-refractivity contribution is 5.67. The maximum absolute atomic E-state index is 7.59. The van der Waals surface area contributed by atoms with Crippen LogP contribution in [0.1, 0.15) is 11.3 Å². The van der Waals surface area contributed by atoms with Crippen LogP contribution in [0.3, 0.4) is 0 Å². The Morgan fingerprint density at radius 1 is 1.38 bits per heavy atom. The average molecular weight is 218 g/mol. The number of hydrogen-bond donors (Lipinski definition) is 3. The van der Waals surface area contributed by atoms with Crippen molar-refractivity contribution < 1.29 is 4.42 Å². The van der Waals surface area contributed by atoms with Crippen LogP contribution >= 0.6 is 0 Å². The minimum atomic E-state index is 0.110. The minimum absolute atomic E-state index is 0.110. The third kappa shape index (κ3) is 1.67. The zero-order valence-corrected chi connectivity index (χ0v) is 9.03. The van der Waals surface area contributed by atoms with Crippen LogP contribution in [0.15, 0.2) is 28.9 Å². The van der Waals surface area contributed by atoms with Crippen LogP contribution in [0.4, 0.5) is 11.4 Å². The van der Waals surface area contributed by atoms with Crippen LogP contribution in [0.5, 0.6) is 0 Å². The lowest BCUT2D eigenvalue weighted by molar-refractivity contribution is 0.458. The van der Waals surface area contributed by atoms with Crippen molar-refractivity contribution in [2.75, 3.05) is 11.5 Å². The largest absolute Gasteiger partial charge is 0.432 e. The van der Waals surface area contributed by atoms with Gasteiger partial charge in [-0.15, -0.1) is 0 Å². The van der Waals surface area contributed by atoms with Crippen LogP contribution in [-0.4, -0.2) is 4.57 Å². The molecule has 2 aromatic rings. The Morgan fingerprint density at radius 3 is 2.75 bits per heavy atom. The summed E-state index contributed by atoms with van der Waals surface area (Å²) >= 11 is 0. The molecule has 0 aliphatic heterocycles. The topological polar surface area (TPSA) is 94.0 Å². The van der Waals surface area contributed by atoms with E-state index in [1.54, 1.807) is 16.9 Å². The molecule has 0 unspecified atom stereocenters. The smallest absolute Gasteiger partial charge is 0.294 e. The molecule has 5 nitrogen and oxygen atoms in total. The van der Waals surface area contributed by atoms with E-state index in [1.807, 2.05) is 19.1 Å². The molecule has 16 heavy (non-hydrogen) atoms. The fourth-order valence-electron chi connectivity index (χ4n) is 1.57. The number of nitrogen functional groups attached to an aromatic ring is 2. The first-order valence-electron chi connectivity index (χ1n) is 4.92. The Balaban J connectivity index is 2.42. The van der Waals surface area contributed by atoms with E-state index in [0.29, 0.717) is 17.9 Å². The number of nitrogens with zero attached hydrogens (tertiary/aromatic N) is 1. The molecule has 0 radical (unpaired) electrons. The van der Waals surface area contributed by atoms with Crippen molar-refractivity contribution in [3.63, 3.8) is 0 Å². The molecule has 0 aliphatic rings. The van der Waals surface area contributed by atoms with Gasteiger partial charge in [-0.3, -0.25) is 9.98 Å². The zero-order chi connectivity index (χ0) is 11.7. The second-order valence-corrected chi connectivity index (χ2v) is 3.69. The number of nitrogens with one attached hydrogen (secondary N) is 1. The number of para-hydroxylation sites is 1. The Morgan fingerprint density at radius 2 is 2.12 bits per heavy atom. The molecule has 0 amide bonds.